The van der Waals surface area contributed by atoms with Crippen LogP contribution >= 0.6 is 12.4 Å². The van der Waals surface area contributed by atoms with Crippen LogP contribution in [-0.2, 0) is 9.53 Å². The molecular weight excluding hydrogens is 238 g/mol. The van der Waals surface area contributed by atoms with Crippen molar-refractivity contribution in [3.63, 3.8) is 0 Å². The molecule has 0 heterocycles. The first-order chi connectivity index (χ1) is 7.70. The number of unbranched alkanes of at least 4 members (excludes halogenated alkanes) is 4. The van der Waals surface area contributed by atoms with Crippen molar-refractivity contribution in [2.24, 2.45) is 5.73 Å². The molecule has 1 atom stereocenters. The summed E-state index contributed by atoms with van der Waals surface area (Å²) < 4.78 is 4.58. The number of rotatable bonds is 10. The van der Waals surface area contributed by atoms with Gasteiger partial charge in [-0.15, -0.1) is 12.4 Å². The molecule has 17 heavy (non-hydrogen) atoms. The van der Waals surface area contributed by atoms with Crippen LogP contribution in [-0.4, -0.2) is 19.1 Å². The van der Waals surface area contributed by atoms with Crippen LogP contribution in [0.3, 0.4) is 0 Å². The molecule has 0 aromatic heterocycles. The number of methoxy groups -OCH3 is 1. The van der Waals surface area contributed by atoms with E-state index < -0.39 is 0 Å². The van der Waals surface area contributed by atoms with Crippen LogP contribution in [0.25, 0.3) is 0 Å². The molecule has 0 saturated heterocycles. The number of halogens is 1. The highest BCUT2D eigenvalue weighted by atomic mass is 35.5. The predicted molar refractivity (Wildman–Crippen MR) is 74.5 cm³/mol. The molecule has 0 radical (unpaired) electrons. The Hall–Kier alpha value is -0.280. The summed E-state index contributed by atoms with van der Waals surface area (Å²) in [5.41, 5.74) is 5.99. The Morgan fingerprint density at radius 3 is 2.24 bits per heavy atom. The second-order valence-electron chi connectivity index (χ2n) is 4.43. The summed E-state index contributed by atoms with van der Waals surface area (Å²) in [6.45, 7) is 2.22. The van der Waals surface area contributed by atoms with Crippen LogP contribution in [0.15, 0.2) is 0 Å². The lowest BCUT2D eigenvalue weighted by Crippen LogP contribution is -2.19. The molecule has 0 aliphatic rings. The molecule has 3 nitrogen and oxygen atoms in total. The minimum Gasteiger partial charge on any atom is -0.469 e. The average molecular weight is 266 g/mol. The van der Waals surface area contributed by atoms with Crippen LogP contribution in [0.4, 0.5) is 0 Å². The monoisotopic (exact) mass is 265 g/mol. The maximum Gasteiger partial charge on any atom is 0.305 e. The van der Waals surface area contributed by atoms with Crippen molar-refractivity contribution in [3.8, 4) is 0 Å². The molecule has 0 bridgehead atoms. The Labute approximate surface area is 112 Å². The van der Waals surface area contributed by atoms with Gasteiger partial charge in [0.2, 0.25) is 0 Å². The van der Waals surface area contributed by atoms with Gasteiger partial charge in [0, 0.05) is 12.5 Å². The summed E-state index contributed by atoms with van der Waals surface area (Å²) in [5.74, 6) is -0.114. The summed E-state index contributed by atoms with van der Waals surface area (Å²) in [6.07, 6.45) is 9.74. The van der Waals surface area contributed by atoms with E-state index in [1.165, 1.54) is 32.8 Å². The number of carbonyl (C=O) groups excluding carboxylic acids is 1. The van der Waals surface area contributed by atoms with Gasteiger partial charge in [0.25, 0.3) is 0 Å². The quantitative estimate of drug-likeness (QED) is 0.486. The van der Waals surface area contributed by atoms with Gasteiger partial charge in [-0.2, -0.15) is 0 Å². The van der Waals surface area contributed by atoms with E-state index in [0.29, 0.717) is 12.5 Å². The molecule has 104 valence electrons. The first kappa shape index (κ1) is 19.1. The highest BCUT2D eigenvalue weighted by Crippen LogP contribution is 2.10. The summed E-state index contributed by atoms with van der Waals surface area (Å²) in [5, 5.41) is 0. The molecule has 0 aliphatic carbocycles. The molecular formula is C13H28ClNO2. The van der Waals surface area contributed by atoms with Gasteiger partial charge in [-0.05, 0) is 19.3 Å². The number of nitrogens with two attached hydrogens (primary N) is 1. The van der Waals surface area contributed by atoms with Gasteiger partial charge in [-0.1, -0.05) is 39.0 Å². The first-order valence-electron chi connectivity index (χ1n) is 6.53. The van der Waals surface area contributed by atoms with Crippen molar-refractivity contribution in [3.05, 3.63) is 0 Å². The van der Waals surface area contributed by atoms with Crippen molar-refractivity contribution in [1.82, 2.24) is 0 Å². The van der Waals surface area contributed by atoms with Gasteiger partial charge >= 0.3 is 5.97 Å². The topological polar surface area (TPSA) is 52.3 Å². The molecule has 0 fully saturated rings. The molecule has 0 aromatic rings. The van der Waals surface area contributed by atoms with Crippen molar-refractivity contribution in [1.29, 1.82) is 0 Å². The number of ether oxygens (including phenoxy) is 1. The molecule has 0 aliphatic heterocycles. The standard InChI is InChI=1S/C13H27NO2.ClH/c1-3-4-5-6-9-12(14)10-7-8-11-13(15)16-2;/h12H,3-11,14H2,1-2H3;1H. The molecule has 4 heteroatoms. The van der Waals surface area contributed by atoms with Crippen LogP contribution in [0.2, 0.25) is 0 Å². The predicted octanol–water partition coefficient (Wildman–Crippen LogP) is 3.44. The lowest BCUT2D eigenvalue weighted by Gasteiger charge is -2.10. The van der Waals surface area contributed by atoms with Crippen LogP contribution < -0.4 is 5.73 Å². The molecule has 0 rings (SSSR count). The first-order valence-corrected chi connectivity index (χ1v) is 6.53. The van der Waals surface area contributed by atoms with Gasteiger partial charge in [0.05, 0.1) is 7.11 Å². The molecule has 2 N–H and O–H groups in total. The largest absolute Gasteiger partial charge is 0.469 e. The van der Waals surface area contributed by atoms with Crippen LogP contribution in [0.5, 0.6) is 0 Å². The minimum atomic E-state index is -0.114. The smallest absolute Gasteiger partial charge is 0.305 e. The minimum absolute atomic E-state index is 0. The van der Waals surface area contributed by atoms with Gasteiger partial charge in [0.1, 0.15) is 0 Å². The summed E-state index contributed by atoms with van der Waals surface area (Å²) in [6, 6.07) is 0.314. The summed E-state index contributed by atoms with van der Waals surface area (Å²) >= 11 is 0. The Kier molecular flexibility index (Phi) is 15.5. The van der Waals surface area contributed by atoms with E-state index in [2.05, 4.69) is 11.7 Å². The van der Waals surface area contributed by atoms with E-state index >= 15 is 0 Å². The Bertz CT molecular complexity index is 177. The second-order valence-corrected chi connectivity index (χ2v) is 4.43. The number of hydrogen-bond donors (Lipinski definition) is 1. The normalized spacial score (nSPS) is 11.7. The third-order valence-electron chi connectivity index (χ3n) is 2.86. The van der Waals surface area contributed by atoms with Crippen LogP contribution in [0, 0.1) is 0 Å². The highest BCUT2D eigenvalue weighted by Gasteiger charge is 2.04. The van der Waals surface area contributed by atoms with Gasteiger partial charge in [-0.3, -0.25) is 4.79 Å². The molecule has 1 unspecified atom stereocenters. The Balaban J connectivity index is 0. The lowest BCUT2D eigenvalue weighted by molar-refractivity contribution is -0.140. The zero-order valence-electron chi connectivity index (χ0n) is 11.2. The van der Waals surface area contributed by atoms with Crippen molar-refractivity contribution in [2.75, 3.05) is 7.11 Å². The fraction of sp³-hybridized carbons (Fsp3) is 0.923. The van der Waals surface area contributed by atoms with Gasteiger partial charge in [0.15, 0.2) is 0 Å². The molecule has 0 spiro atoms. The van der Waals surface area contributed by atoms with Crippen LogP contribution in [0.1, 0.15) is 64.7 Å². The van der Waals surface area contributed by atoms with Crippen molar-refractivity contribution in [2.45, 2.75) is 70.8 Å². The SMILES string of the molecule is CCCCCCC(N)CCCCC(=O)OC.Cl. The van der Waals surface area contributed by atoms with E-state index in [1.807, 2.05) is 0 Å². The average Bonchev–Trinajstić information content (AvgIpc) is 2.30. The van der Waals surface area contributed by atoms with Crippen molar-refractivity contribution < 1.29 is 9.53 Å². The third kappa shape index (κ3) is 13.7. The van der Waals surface area contributed by atoms with Gasteiger partial charge < -0.3 is 10.5 Å². The second kappa shape index (κ2) is 13.8. The molecule has 0 saturated carbocycles. The Morgan fingerprint density at radius 2 is 1.71 bits per heavy atom. The lowest BCUT2D eigenvalue weighted by atomic mass is 10.0. The fourth-order valence-electron chi connectivity index (χ4n) is 1.76. The van der Waals surface area contributed by atoms with E-state index in [-0.39, 0.29) is 18.4 Å². The van der Waals surface area contributed by atoms with E-state index in [4.69, 9.17) is 5.73 Å². The highest BCUT2D eigenvalue weighted by molar-refractivity contribution is 5.85. The number of esters is 1. The Morgan fingerprint density at radius 1 is 1.12 bits per heavy atom. The number of carbonyl (C=O) groups is 1. The maximum atomic E-state index is 10.8. The molecule has 0 amide bonds. The third-order valence-corrected chi connectivity index (χ3v) is 2.86. The fourth-order valence-corrected chi connectivity index (χ4v) is 1.76. The van der Waals surface area contributed by atoms with E-state index in [9.17, 15) is 4.79 Å². The summed E-state index contributed by atoms with van der Waals surface area (Å²) in [4.78, 5) is 10.8. The maximum absolute atomic E-state index is 10.8. The zero-order valence-corrected chi connectivity index (χ0v) is 12.1. The zero-order chi connectivity index (χ0) is 12.2. The summed E-state index contributed by atoms with van der Waals surface area (Å²) in [7, 11) is 1.43. The van der Waals surface area contributed by atoms with E-state index in [0.717, 1.165) is 25.7 Å². The molecule has 0 aromatic carbocycles. The number of hydrogen-bond acceptors (Lipinski definition) is 3. The van der Waals surface area contributed by atoms with Crippen molar-refractivity contribution >= 4 is 18.4 Å². The van der Waals surface area contributed by atoms with Gasteiger partial charge in [-0.25, -0.2) is 0 Å². The van der Waals surface area contributed by atoms with E-state index in [1.54, 1.807) is 0 Å².